The first-order valence-electron chi connectivity index (χ1n) is 3.85. The Bertz CT molecular complexity index is 395. The highest BCUT2D eigenvalue weighted by atomic mass is 19.4. The second-order valence-corrected chi connectivity index (χ2v) is 2.76. The number of aromatic nitrogens is 1. The lowest BCUT2D eigenvalue weighted by Crippen LogP contribution is -2.34. The van der Waals surface area contributed by atoms with Gasteiger partial charge in [-0.25, -0.2) is 4.68 Å². The van der Waals surface area contributed by atoms with Crippen LogP contribution in [0.2, 0.25) is 0 Å². The summed E-state index contributed by atoms with van der Waals surface area (Å²) in [6.45, 7) is 1.45. The van der Waals surface area contributed by atoms with Crippen molar-refractivity contribution >= 4 is 0 Å². The molecule has 0 saturated heterocycles. The standard InChI is InChI=1S/C8H9F3N2O/c1-5-3-4-6(8(9,10)11)13(12-2)7(5)14/h3-4,12H,1-2H3. The predicted octanol–water partition coefficient (Wildman–Crippen LogP) is 1.35. The van der Waals surface area contributed by atoms with Crippen LogP contribution in [0.1, 0.15) is 11.3 Å². The van der Waals surface area contributed by atoms with Gasteiger partial charge in [-0.2, -0.15) is 13.2 Å². The summed E-state index contributed by atoms with van der Waals surface area (Å²) >= 11 is 0. The van der Waals surface area contributed by atoms with Gasteiger partial charge in [0, 0.05) is 12.6 Å². The Labute approximate surface area is 78.1 Å². The van der Waals surface area contributed by atoms with Gasteiger partial charge in [0.15, 0.2) is 0 Å². The summed E-state index contributed by atoms with van der Waals surface area (Å²) in [6.07, 6.45) is -4.53. The van der Waals surface area contributed by atoms with Crippen molar-refractivity contribution in [1.29, 1.82) is 0 Å². The molecule has 0 aliphatic carbocycles. The minimum Gasteiger partial charge on any atom is -0.326 e. The van der Waals surface area contributed by atoms with E-state index in [2.05, 4.69) is 5.43 Å². The van der Waals surface area contributed by atoms with Gasteiger partial charge in [-0.1, -0.05) is 6.07 Å². The molecule has 0 aromatic carbocycles. The number of hydrogen-bond acceptors (Lipinski definition) is 2. The maximum atomic E-state index is 12.3. The molecule has 0 aliphatic heterocycles. The molecule has 1 heterocycles. The van der Waals surface area contributed by atoms with E-state index in [1.165, 1.54) is 14.0 Å². The van der Waals surface area contributed by atoms with E-state index in [4.69, 9.17) is 0 Å². The first-order chi connectivity index (χ1) is 6.38. The zero-order chi connectivity index (χ0) is 10.9. The molecule has 1 aromatic rings. The number of pyridine rings is 1. The fourth-order valence-corrected chi connectivity index (χ4v) is 1.08. The fraction of sp³-hybridized carbons (Fsp3) is 0.375. The fourth-order valence-electron chi connectivity index (χ4n) is 1.08. The summed E-state index contributed by atoms with van der Waals surface area (Å²) in [4.78, 5) is 11.3. The van der Waals surface area contributed by atoms with Crippen molar-refractivity contribution in [2.75, 3.05) is 12.5 Å². The molecule has 1 rings (SSSR count). The van der Waals surface area contributed by atoms with E-state index in [1.807, 2.05) is 0 Å². The number of nitrogens with one attached hydrogen (secondary N) is 1. The van der Waals surface area contributed by atoms with Crippen molar-refractivity contribution in [2.24, 2.45) is 0 Å². The first-order valence-corrected chi connectivity index (χ1v) is 3.85. The Balaban J connectivity index is 3.47. The third-order valence-corrected chi connectivity index (χ3v) is 1.79. The summed E-state index contributed by atoms with van der Waals surface area (Å²) in [5.74, 6) is 0. The number of aryl methyl sites for hydroxylation is 1. The first kappa shape index (κ1) is 10.6. The van der Waals surface area contributed by atoms with Crippen molar-refractivity contribution < 1.29 is 13.2 Å². The average molecular weight is 206 g/mol. The van der Waals surface area contributed by atoms with Crippen LogP contribution in [0, 0.1) is 6.92 Å². The van der Waals surface area contributed by atoms with Crippen molar-refractivity contribution in [3.05, 3.63) is 33.7 Å². The molecule has 0 spiro atoms. The molecule has 0 saturated carbocycles. The average Bonchev–Trinajstić information content (AvgIpc) is 2.07. The van der Waals surface area contributed by atoms with E-state index in [-0.39, 0.29) is 5.56 Å². The molecule has 0 radical (unpaired) electrons. The lowest BCUT2D eigenvalue weighted by molar-refractivity contribution is -0.143. The van der Waals surface area contributed by atoms with Gasteiger partial charge in [0.1, 0.15) is 5.69 Å². The second-order valence-electron chi connectivity index (χ2n) is 2.76. The van der Waals surface area contributed by atoms with Crippen LogP contribution >= 0.6 is 0 Å². The van der Waals surface area contributed by atoms with Gasteiger partial charge in [0.2, 0.25) is 0 Å². The zero-order valence-corrected chi connectivity index (χ0v) is 7.64. The zero-order valence-electron chi connectivity index (χ0n) is 7.64. The maximum Gasteiger partial charge on any atom is 0.433 e. The Hall–Kier alpha value is -1.46. The Morgan fingerprint density at radius 3 is 2.36 bits per heavy atom. The van der Waals surface area contributed by atoms with Crippen molar-refractivity contribution in [3.63, 3.8) is 0 Å². The molecule has 1 N–H and O–H groups in total. The highest BCUT2D eigenvalue weighted by Crippen LogP contribution is 2.27. The van der Waals surface area contributed by atoms with Gasteiger partial charge in [0.25, 0.3) is 5.56 Å². The molecular formula is C8H9F3N2O. The van der Waals surface area contributed by atoms with E-state index in [0.717, 1.165) is 12.1 Å². The summed E-state index contributed by atoms with van der Waals surface area (Å²) in [7, 11) is 1.26. The van der Waals surface area contributed by atoms with Crippen molar-refractivity contribution in [1.82, 2.24) is 4.68 Å². The molecule has 0 atom stereocenters. The smallest absolute Gasteiger partial charge is 0.326 e. The van der Waals surface area contributed by atoms with Crippen LogP contribution in [0.25, 0.3) is 0 Å². The molecule has 0 amide bonds. The second kappa shape index (κ2) is 3.36. The summed E-state index contributed by atoms with van der Waals surface area (Å²) < 4.78 is 37.5. The molecule has 0 bridgehead atoms. The molecule has 0 fully saturated rings. The lowest BCUT2D eigenvalue weighted by Gasteiger charge is -2.14. The van der Waals surface area contributed by atoms with Gasteiger partial charge >= 0.3 is 6.18 Å². The van der Waals surface area contributed by atoms with Crippen LogP contribution in [0.3, 0.4) is 0 Å². The normalized spacial score (nSPS) is 11.5. The van der Waals surface area contributed by atoms with E-state index < -0.39 is 17.4 Å². The Morgan fingerprint density at radius 1 is 1.36 bits per heavy atom. The van der Waals surface area contributed by atoms with Crippen LogP contribution in [0.4, 0.5) is 13.2 Å². The van der Waals surface area contributed by atoms with E-state index in [0.29, 0.717) is 4.68 Å². The third kappa shape index (κ3) is 1.73. The van der Waals surface area contributed by atoms with Crippen molar-refractivity contribution in [3.8, 4) is 0 Å². The highest BCUT2D eigenvalue weighted by Gasteiger charge is 2.34. The molecule has 1 aromatic heterocycles. The van der Waals surface area contributed by atoms with Gasteiger partial charge in [-0.05, 0) is 13.0 Å². The number of alkyl halides is 3. The highest BCUT2D eigenvalue weighted by molar-refractivity contribution is 5.17. The molecular weight excluding hydrogens is 197 g/mol. The summed E-state index contributed by atoms with van der Waals surface area (Å²) in [6, 6.07) is 2.02. The molecule has 0 aliphatic rings. The summed E-state index contributed by atoms with van der Waals surface area (Å²) in [5, 5.41) is 0. The van der Waals surface area contributed by atoms with Crippen LogP contribution in [-0.2, 0) is 6.18 Å². The Kier molecular flexibility index (Phi) is 2.55. The van der Waals surface area contributed by atoms with E-state index >= 15 is 0 Å². The van der Waals surface area contributed by atoms with Crippen LogP contribution < -0.4 is 11.0 Å². The van der Waals surface area contributed by atoms with Gasteiger partial charge < -0.3 is 5.43 Å². The largest absolute Gasteiger partial charge is 0.433 e. The minimum atomic E-state index is -4.53. The minimum absolute atomic E-state index is 0.257. The van der Waals surface area contributed by atoms with Crippen LogP contribution in [0.15, 0.2) is 16.9 Å². The van der Waals surface area contributed by atoms with Crippen molar-refractivity contribution in [2.45, 2.75) is 13.1 Å². The maximum absolute atomic E-state index is 12.3. The molecule has 14 heavy (non-hydrogen) atoms. The van der Waals surface area contributed by atoms with Crippen LogP contribution in [-0.4, -0.2) is 11.7 Å². The van der Waals surface area contributed by atoms with Gasteiger partial charge in [0.05, 0.1) is 0 Å². The number of hydrogen-bond donors (Lipinski definition) is 1. The lowest BCUT2D eigenvalue weighted by atomic mass is 10.2. The molecule has 3 nitrogen and oxygen atoms in total. The number of halogens is 3. The quantitative estimate of drug-likeness (QED) is 0.752. The monoisotopic (exact) mass is 206 g/mol. The predicted molar refractivity (Wildman–Crippen MR) is 45.7 cm³/mol. The molecule has 0 unspecified atom stereocenters. The summed E-state index contributed by atoms with van der Waals surface area (Å²) in [5.41, 5.74) is 0.756. The topological polar surface area (TPSA) is 34.0 Å². The van der Waals surface area contributed by atoms with Crippen LogP contribution in [0.5, 0.6) is 0 Å². The Morgan fingerprint density at radius 2 is 1.93 bits per heavy atom. The van der Waals surface area contributed by atoms with Gasteiger partial charge in [-0.15, -0.1) is 0 Å². The van der Waals surface area contributed by atoms with Gasteiger partial charge in [-0.3, -0.25) is 4.79 Å². The molecule has 78 valence electrons. The third-order valence-electron chi connectivity index (χ3n) is 1.79. The number of nitrogens with zero attached hydrogens (tertiary/aromatic N) is 1. The number of rotatable bonds is 1. The molecule has 6 heteroatoms. The van der Waals surface area contributed by atoms with E-state index in [9.17, 15) is 18.0 Å². The SMILES string of the molecule is CNn1c(C(F)(F)F)ccc(C)c1=O. The van der Waals surface area contributed by atoms with E-state index in [1.54, 1.807) is 0 Å².